The second kappa shape index (κ2) is 14.0. The van der Waals surface area contributed by atoms with Crippen molar-refractivity contribution >= 4 is 5.97 Å². The molecule has 0 aromatic carbocycles. The van der Waals surface area contributed by atoms with E-state index in [0.717, 1.165) is 45.7 Å². The van der Waals surface area contributed by atoms with Gasteiger partial charge >= 0.3 is 5.97 Å². The van der Waals surface area contributed by atoms with Crippen LogP contribution in [0.15, 0.2) is 0 Å². The predicted molar refractivity (Wildman–Crippen MR) is 89.2 cm³/mol. The summed E-state index contributed by atoms with van der Waals surface area (Å²) in [6.07, 6.45) is 12.1. The topological polar surface area (TPSA) is 40.0 Å². The number of hydrogen-bond acceptors (Lipinski definition) is 3. The normalized spacial score (nSPS) is 15.9. The van der Waals surface area contributed by atoms with Crippen molar-refractivity contribution in [3.63, 3.8) is 0 Å². The van der Waals surface area contributed by atoms with Gasteiger partial charge in [0, 0.05) is 6.42 Å². The molecule has 0 unspecified atom stereocenters. The maximum atomic E-state index is 11.6. The zero-order valence-corrected chi connectivity index (χ0v) is 14.5. The number of hydrogen-bond donors (Lipinski definition) is 1. The van der Waals surface area contributed by atoms with Crippen LogP contribution in [0.3, 0.4) is 0 Å². The van der Waals surface area contributed by atoms with Gasteiger partial charge in [0.1, 0.15) is 26.2 Å². The molecule has 1 fully saturated rings. The molecular weight excluding hydrogens is 278 g/mol. The van der Waals surface area contributed by atoms with E-state index in [-0.39, 0.29) is 5.97 Å². The Kier molecular flexibility index (Phi) is 12.4. The summed E-state index contributed by atoms with van der Waals surface area (Å²) in [5, 5.41) is 0. The van der Waals surface area contributed by atoms with Crippen LogP contribution in [0, 0.1) is 0 Å². The summed E-state index contributed by atoms with van der Waals surface area (Å²) in [6.45, 7) is 7.48. The van der Waals surface area contributed by atoms with Gasteiger partial charge in [0.2, 0.25) is 0 Å². The van der Waals surface area contributed by atoms with E-state index in [1.165, 1.54) is 49.8 Å². The quantitative estimate of drug-likeness (QED) is 0.419. The van der Waals surface area contributed by atoms with Gasteiger partial charge in [-0.1, -0.05) is 58.3 Å². The lowest BCUT2D eigenvalue weighted by Crippen LogP contribution is -3.14. The molecule has 0 aromatic heterocycles. The number of unbranched alkanes of at least 4 members (excludes halogenated alkanes) is 8. The molecule has 0 saturated carbocycles. The molecule has 22 heavy (non-hydrogen) atoms. The first-order valence-corrected chi connectivity index (χ1v) is 9.40. The van der Waals surface area contributed by atoms with E-state index in [4.69, 9.17) is 9.47 Å². The van der Waals surface area contributed by atoms with E-state index in [1.54, 1.807) is 0 Å². The van der Waals surface area contributed by atoms with Crippen molar-refractivity contribution in [1.29, 1.82) is 0 Å². The molecule has 0 atom stereocenters. The van der Waals surface area contributed by atoms with Crippen LogP contribution in [0.1, 0.15) is 71.1 Å². The first-order valence-electron chi connectivity index (χ1n) is 9.40. The van der Waals surface area contributed by atoms with E-state index in [2.05, 4.69) is 6.92 Å². The fraction of sp³-hybridized carbons (Fsp3) is 0.944. The summed E-state index contributed by atoms with van der Waals surface area (Å²) in [7, 11) is 0. The molecule has 1 aliphatic rings. The van der Waals surface area contributed by atoms with Crippen LogP contribution in [0.4, 0.5) is 0 Å². The Hall–Kier alpha value is -0.610. The highest BCUT2D eigenvalue weighted by molar-refractivity contribution is 5.69. The first kappa shape index (κ1) is 19.4. The minimum atomic E-state index is -0.0180. The molecule has 4 heteroatoms. The summed E-state index contributed by atoms with van der Waals surface area (Å²) < 4.78 is 10.6. The number of ether oxygens (including phenoxy) is 2. The molecule has 0 bridgehead atoms. The SMILES string of the molecule is CCCCCCCCCCCC(=O)OCC[NH+]1CCOCC1. The van der Waals surface area contributed by atoms with Crippen LogP contribution in [-0.4, -0.2) is 45.4 Å². The summed E-state index contributed by atoms with van der Waals surface area (Å²) in [5.74, 6) is -0.0180. The zero-order valence-electron chi connectivity index (χ0n) is 14.5. The number of carbonyl (C=O) groups excluding carboxylic acids is 1. The molecule has 0 aliphatic carbocycles. The third-order valence-corrected chi connectivity index (χ3v) is 4.40. The van der Waals surface area contributed by atoms with Gasteiger partial charge in [-0.05, 0) is 6.42 Å². The summed E-state index contributed by atoms with van der Waals surface area (Å²) in [6, 6.07) is 0. The Labute approximate surface area is 136 Å². The van der Waals surface area contributed by atoms with Gasteiger partial charge in [-0.15, -0.1) is 0 Å². The van der Waals surface area contributed by atoms with Crippen LogP contribution in [0.25, 0.3) is 0 Å². The molecule has 0 radical (unpaired) electrons. The Balaban J connectivity index is 1.81. The van der Waals surface area contributed by atoms with Crippen molar-refractivity contribution in [3.05, 3.63) is 0 Å². The lowest BCUT2D eigenvalue weighted by molar-refractivity contribution is -0.908. The van der Waals surface area contributed by atoms with E-state index in [9.17, 15) is 4.79 Å². The number of quaternary nitrogens is 1. The van der Waals surface area contributed by atoms with Gasteiger partial charge < -0.3 is 14.4 Å². The van der Waals surface area contributed by atoms with Gasteiger partial charge in [-0.3, -0.25) is 4.79 Å². The Morgan fingerprint density at radius 2 is 1.55 bits per heavy atom. The molecule has 1 N–H and O–H groups in total. The van der Waals surface area contributed by atoms with Crippen LogP contribution < -0.4 is 4.90 Å². The molecule has 4 nitrogen and oxygen atoms in total. The van der Waals surface area contributed by atoms with Gasteiger partial charge in [0.15, 0.2) is 0 Å². The highest BCUT2D eigenvalue weighted by Crippen LogP contribution is 2.10. The third-order valence-electron chi connectivity index (χ3n) is 4.40. The minimum Gasteiger partial charge on any atom is -0.460 e. The van der Waals surface area contributed by atoms with Crippen molar-refractivity contribution in [1.82, 2.24) is 0 Å². The largest absolute Gasteiger partial charge is 0.460 e. The van der Waals surface area contributed by atoms with Crippen LogP contribution in [-0.2, 0) is 14.3 Å². The molecule has 0 spiro atoms. The van der Waals surface area contributed by atoms with E-state index in [1.807, 2.05) is 0 Å². The van der Waals surface area contributed by atoms with Gasteiger partial charge in [0.05, 0.1) is 13.2 Å². The molecule has 130 valence electrons. The molecule has 1 aliphatic heterocycles. The maximum absolute atomic E-state index is 11.6. The molecular formula is C18H36NO3+. The number of carbonyl (C=O) groups is 1. The molecule has 1 saturated heterocycles. The predicted octanol–water partition coefficient (Wildman–Crippen LogP) is 2.37. The van der Waals surface area contributed by atoms with Crippen LogP contribution >= 0.6 is 0 Å². The molecule has 0 aromatic rings. The van der Waals surface area contributed by atoms with E-state index in [0.29, 0.717) is 13.0 Å². The average molecular weight is 314 g/mol. The van der Waals surface area contributed by atoms with Gasteiger partial charge in [-0.25, -0.2) is 0 Å². The smallest absolute Gasteiger partial charge is 0.305 e. The number of morpholine rings is 1. The second-order valence-corrected chi connectivity index (χ2v) is 6.41. The molecule has 1 heterocycles. The third kappa shape index (κ3) is 11.0. The Bertz CT molecular complexity index is 265. The van der Waals surface area contributed by atoms with Gasteiger partial charge in [-0.2, -0.15) is 0 Å². The maximum Gasteiger partial charge on any atom is 0.305 e. The van der Waals surface area contributed by atoms with Gasteiger partial charge in [0.25, 0.3) is 0 Å². The summed E-state index contributed by atoms with van der Waals surface area (Å²) in [4.78, 5) is 13.1. The second-order valence-electron chi connectivity index (χ2n) is 6.41. The fourth-order valence-corrected chi connectivity index (χ4v) is 2.87. The van der Waals surface area contributed by atoms with Crippen LogP contribution in [0.5, 0.6) is 0 Å². The highest BCUT2D eigenvalue weighted by Gasteiger charge is 2.13. The summed E-state index contributed by atoms with van der Waals surface area (Å²) in [5.41, 5.74) is 0. The highest BCUT2D eigenvalue weighted by atomic mass is 16.5. The number of esters is 1. The standard InChI is InChI=1S/C18H35NO3/c1-2-3-4-5-6-7-8-9-10-11-18(20)22-17-14-19-12-15-21-16-13-19/h2-17H2,1H3/p+1. The van der Waals surface area contributed by atoms with Crippen LogP contribution in [0.2, 0.25) is 0 Å². The Morgan fingerprint density at radius 3 is 2.18 bits per heavy atom. The van der Waals surface area contributed by atoms with E-state index >= 15 is 0 Å². The van der Waals surface area contributed by atoms with Crippen molar-refractivity contribution in [2.75, 3.05) is 39.5 Å². The minimum absolute atomic E-state index is 0.0180. The first-order chi connectivity index (χ1) is 10.8. The summed E-state index contributed by atoms with van der Waals surface area (Å²) >= 11 is 0. The van der Waals surface area contributed by atoms with Crippen molar-refractivity contribution < 1.29 is 19.2 Å². The van der Waals surface area contributed by atoms with Crippen molar-refractivity contribution in [2.24, 2.45) is 0 Å². The zero-order chi connectivity index (χ0) is 15.9. The number of nitrogens with one attached hydrogen (secondary N) is 1. The monoisotopic (exact) mass is 314 g/mol. The van der Waals surface area contributed by atoms with E-state index < -0.39 is 0 Å². The Morgan fingerprint density at radius 1 is 0.955 bits per heavy atom. The molecule has 0 amide bonds. The number of rotatable bonds is 13. The van der Waals surface area contributed by atoms with Crippen molar-refractivity contribution in [3.8, 4) is 0 Å². The molecule has 1 rings (SSSR count). The fourth-order valence-electron chi connectivity index (χ4n) is 2.87. The van der Waals surface area contributed by atoms with Crippen molar-refractivity contribution in [2.45, 2.75) is 71.1 Å². The lowest BCUT2D eigenvalue weighted by Gasteiger charge is -2.23. The lowest BCUT2D eigenvalue weighted by atomic mass is 10.1. The average Bonchev–Trinajstić information content (AvgIpc) is 2.54.